The number of phosphoric ester groups is 2. The van der Waals surface area contributed by atoms with Crippen molar-refractivity contribution in [1.29, 1.82) is 0 Å². The van der Waals surface area contributed by atoms with E-state index in [2.05, 4.69) is 41.5 Å². The van der Waals surface area contributed by atoms with Gasteiger partial charge in [-0.15, -0.1) is 0 Å². The van der Waals surface area contributed by atoms with Crippen LogP contribution in [0, 0.1) is 11.8 Å². The molecule has 0 bridgehead atoms. The van der Waals surface area contributed by atoms with Crippen molar-refractivity contribution in [3.63, 3.8) is 0 Å². The lowest BCUT2D eigenvalue weighted by Gasteiger charge is -2.21. The van der Waals surface area contributed by atoms with Gasteiger partial charge in [0.1, 0.15) is 19.3 Å². The first-order valence-electron chi connectivity index (χ1n) is 39.5. The molecule has 564 valence electrons. The van der Waals surface area contributed by atoms with Crippen LogP contribution in [0.15, 0.2) is 0 Å². The van der Waals surface area contributed by atoms with E-state index in [1.807, 2.05) is 0 Å². The minimum absolute atomic E-state index is 0.106. The Balaban J connectivity index is 5.20. The van der Waals surface area contributed by atoms with Crippen LogP contribution in [0.4, 0.5) is 0 Å². The third kappa shape index (κ3) is 69.0. The van der Waals surface area contributed by atoms with Crippen molar-refractivity contribution in [2.75, 3.05) is 39.6 Å². The topological polar surface area (TPSA) is 237 Å². The Kier molecular flexibility index (Phi) is 66.5. The number of aliphatic hydroxyl groups excluding tert-OH is 1. The summed E-state index contributed by atoms with van der Waals surface area (Å²) >= 11 is 0. The van der Waals surface area contributed by atoms with Gasteiger partial charge in [-0.2, -0.15) is 0 Å². The van der Waals surface area contributed by atoms with E-state index >= 15 is 0 Å². The maximum absolute atomic E-state index is 13.1. The van der Waals surface area contributed by atoms with Crippen LogP contribution in [-0.2, 0) is 65.4 Å². The lowest BCUT2D eigenvalue weighted by Crippen LogP contribution is -2.30. The predicted octanol–water partition coefficient (Wildman–Crippen LogP) is 22.3. The van der Waals surface area contributed by atoms with E-state index in [9.17, 15) is 43.2 Å². The van der Waals surface area contributed by atoms with Crippen LogP contribution in [0.1, 0.15) is 395 Å². The second kappa shape index (κ2) is 67.9. The second-order valence-corrected chi connectivity index (χ2v) is 31.0. The summed E-state index contributed by atoms with van der Waals surface area (Å²) in [6.45, 7) is 9.61. The summed E-state index contributed by atoms with van der Waals surface area (Å²) in [5.41, 5.74) is 0. The Bertz CT molecular complexity index is 1840. The molecular weight excluding hydrogens is 1250 g/mol. The first-order valence-corrected chi connectivity index (χ1v) is 42.5. The van der Waals surface area contributed by atoms with E-state index in [1.54, 1.807) is 0 Å². The molecule has 0 fully saturated rings. The molecule has 0 rings (SSSR count). The standard InChI is InChI=1S/C76H148O17P2/c1-7-10-12-14-16-17-18-19-20-21-25-30-35-41-47-53-59-74(79)87-65-72(93-75(80)60-54-48-42-36-31-26-23-22-24-29-34-40-45-51-57-69(6)9-3)67-91-95(84,85)89-63-70(77)62-88-94(82,83)90-66-71(64-86-73(78)58-52-46-38-15-13-11-8-2)92-76(81)61-55-49-43-37-32-27-28-33-39-44-50-56-68(4)5/h68-72,77H,7-67H2,1-6H3,(H,82,83)(H,84,85)/t69?,70-,71+,72+/m0/s1. The molecule has 0 aliphatic rings. The predicted molar refractivity (Wildman–Crippen MR) is 386 cm³/mol. The van der Waals surface area contributed by atoms with Gasteiger partial charge in [0.05, 0.1) is 26.4 Å². The molecule has 0 saturated heterocycles. The molecule has 95 heavy (non-hydrogen) atoms. The summed E-state index contributed by atoms with van der Waals surface area (Å²) in [5.74, 6) is -0.507. The monoisotopic (exact) mass is 1400 g/mol. The fourth-order valence-corrected chi connectivity index (χ4v) is 13.2. The first-order chi connectivity index (χ1) is 45.9. The van der Waals surface area contributed by atoms with Crippen LogP contribution >= 0.6 is 15.6 Å². The highest BCUT2D eigenvalue weighted by molar-refractivity contribution is 7.47. The van der Waals surface area contributed by atoms with Gasteiger partial charge in [-0.3, -0.25) is 37.3 Å². The molecule has 0 aliphatic heterocycles. The largest absolute Gasteiger partial charge is 0.472 e. The zero-order valence-electron chi connectivity index (χ0n) is 62.0. The van der Waals surface area contributed by atoms with Gasteiger partial charge in [-0.05, 0) is 37.5 Å². The van der Waals surface area contributed by atoms with Crippen molar-refractivity contribution >= 4 is 39.5 Å². The molecule has 0 heterocycles. The molecule has 0 aromatic carbocycles. The summed E-state index contributed by atoms with van der Waals surface area (Å²) in [4.78, 5) is 72.7. The van der Waals surface area contributed by atoms with Gasteiger partial charge >= 0.3 is 39.5 Å². The number of esters is 4. The number of rotatable bonds is 75. The van der Waals surface area contributed by atoms with Crippen molar-refractivity contribution < 1.29 is 80.2 Å². The van der Waals surface area contributed by atoms with Crippen molar-refractivity contribution in [2.45, 2.75) is 413 Å². The highest BCUT2D eigenvalue weighted by atomic mass is 31.2. The van der Waals surface area contributed by atoms with Gasteiger partial charge in [-0.1, -0.05) is 343 Å². The van der Waals surface area contributed by atoms with Crippen molar-refractivity contribution in [2.24, 2.45) is 11.8 Å². The molecule has 19 heteroatoms. The van der Waals surface area contributed by atoms with Crippen LogP contribution in [0.2, 0.25) is 0 Å². The van der Waals surface area contributed by atoms with Crippen molar-refractivity contribution in [3.05, 3.63) is 0 Å². The van der Waals surface area contributed by atoms with Crippen LogP contribution in [-0.4, -0.2) is 96.7 Å². The van der Waals surface area contributed by atoms with Gasteiger partial charge < -0.3 is 33.8 Å². The minimum atomic E-state index is -4.96. The van der Waals surface area contributed by atoms with Crippen molar-refractivity contribution in [3.8, 4) is 0 Å². The zero-order valence-corrected chi connectivity index (χ0v) is 63.8. The summed E-state index contributed by atoms with van der Waals surface area (Å²) in [7, 11) is -9.91. The number of phosphoric acid groups is 2. The molecule has 0 amide bonds. The number of aliphatic hydroxyl groups is 1. The molecule has 6 atom stereocenters. The minimum Gasteiger partial charge on any atom is -0.462 e. The Morgan fingerprint density at radius 2 is 0.537 bits per heavy atom. The molecular formula is C76H148O17P2. The number of hydrogen-bond donors (Lipinski definition) is 3. The third-order valence-corrected chi connectivity index (χ3v) is 20.0. The zero-order chi connectivity index (χ0) is 70.0. The summed E-state index contributed by atoms with van der Waals surface area (Å²) < 4.78 is 68.4. The molecule has 0 saturated carbocycles. The third-order valence-electron chi connectivity index (χ3n) is 18.1. The lowest BCUT2D eigenvalue weighted by molar-refractivity contribution is -0.161. The quantitative estimate of drug-likeness (QED) is 0.0222. The molecule has 3 unspecified atom stereocenters. The first kappa shape index (κ1) is 93.1. The van der Waals surface area contributed by atoms with E-state index in [0.29, 0.717) is 25.7 Å². The fourth-order valence-electron chi connectivity index (χ4n) is 11.6. The van der Waals surface area contributed by atoms with E-state index in [0.717, 1.165) is 115 Å². The highest BCUT2D eigenvalue weighted by Gasteiger charge is 2.30. The molecule has 0 aromatic rings. The molecule has 0 spiro atoms. The number of carbonyl (C=O) groups excluding carboxylic acids is 4. The Hall–Kier alpha value is -1.94. The molecule has 0 aromatic heterocycles. The van der Waals surface area contributed by atoms with Crippen LogP contribution in [0.3, 0.4) is 0 Å². The summed E-state index contributed by atoms with van der Waals surface area (Å²) in [5, 5.41) is 10.6. The van der Waals surface area contributed by atoms with Gasteiger partial charge in [0.25, 0.3) is 0 Å². The Morgan fingerprint density at radius 1 is 0.305 bits per heavy atom. The highest BCUT2D eigenvalue weighted by Crippen LogP contribution is 2.45. The average Bonchev–Trinajstić information content (AvgIpc) is 3.76. The van der Waals surface area contributed by atoms with E-state index in [-0.39, 0.29) is 25.7 Å². The molecule has 3 N–H and O–H groups in total. The summed E-state index contributed by atoms with van der Waals surface area (Å²) in [6, 6.07) is 0. The van der Waals surface area contributed by atoms with E-state index in [4.69, 9.17) is 37.0 Å². The van der Waals surface area contributed by atoms with Crippen LogP contribution in [0.25, 0.3) is 0 Å². The van der Waals surface area contributed by atoms with E-state index in [1.165, 1.54) is 199 Å². The molecule has 17 nitrogen and oxygen atoms in total. The van der Waals surface area contributed by atoms with Crippen LogP contribution in [0.5, 0.6) is 0 Å². The summed E-state index contributed by atoms with van der Waals surface area (Å²) in [6.07, 6.45) is 55.5. The Morgan fingerprint density at radius 3 is 0.800 bits per heavy atom. The van der Waals surface area contributed by atoms with E-state index < -0.39 is 97.5 Å². The Labute approximate surface area is 581 Å². The number of unbranched alkanes of at least 4 members (excludes halogenated alkanes) is 44. The maximum Gasteiger partial charge on any atom is 0.472 e. The lowest BCUT2D eigenvalue weighted by atomic mass is 9.99. The average molecular weight is 1400 g/mol. The smallest absolute Gasteiger partial charge is 0.462 e. The number of ether oxygens (including phenoxy) is 4. The normalized spacial score (nSPS) is 14.3. The fraction of sp³-hybridized carbons (Fsp3) is 0.947. The molecule has 0 radical (unpaired) electrons. The van der Waals surface area contributed by atoms with Gasteiger partial charge in [-0.25, -0.2) is 9.13 Å². The number of hydrogen-bond acceptors (Lipinski definition) is 15. The second-order valence-electron chi connectivity index (χ2n) is 28.1. The van der Waals surface area contributed by atoms with Crippen LogP contribution < -0.4 is 0 Å². The van der Waals surface area contributed by atoms with Gasteiger partial charge in [0, 0.05) is 25.7 Å². The van der Waals surface area contributed by atoms with Gasteiger partial charge in [0.15, 0.2) is 12.2 Å². The molecule has 0 aliphatic carbocycles. The number of carbonyl (C=O) groups is 4. The van der Waals surface area contributed by atoms with Crippen molar-refractivity contribution in [1.82, 2.24) is 0 Å². The maximum atomic E-state index is 13.1. The SMILES string of the molecule is CCCCCCCCCCCCCCCCCCC(=O)OC[C@H](COP(=O)(O)OC[C@@H](O)COP(=O)(O)OC[C@@H](COC(=O)CCCCCCCCC)OC(=O)CCCCCCCCCCCCCC(C)C)OC(=O)CCCCCCCCCCCCCCCCC(C)CC. The van der Waals surface area contributed by atoms with Gasteiger partial charge in [0.2, 0.25) is 0 Å².